The summed E-state index contributed by atoms with van der Waals surface area (Å²) in [6, 6.07) is 2.16. The summed E-state index contributed by atoms with van der Waals surface area (Å²) < 4.78 is 44.4. The van der Waals surface area contributed by atoms with E-state index in [9.17, 15) is 13.2 Å². The van der Waals surface area contributed by atoms with Crippen molar-refractivity contribution in [1.29, 1.82) is 0 Å². The average Bonchev–Trinajstić information content (AvgIpc) is 2.38. The lowest BCUT2D eigenvalue weighted by molar-refractivity contribution is -0.137. The third-order valence-electron chi connectivity index (χ3n) is 3.04. The predicted molar refractivity (Wildman–Crippen MR) is 66.5 cm³/mol. The number of hydrogen-bond acceptors (Lipinski definition) is 3. The van der Waals surface area contributed by atoms with E-state index in [1.807, 2.05) is 0 Å². The summed E-state index contributed by atoms with van der Waals surface area (Å²) in [5, 5.41) is 0. The number of hydrogen-bond donors (Lipinski definition) is 0. The van der Waals surface area contributed by atoms with Gasteiger partial charge in [0.05, 0.1) is 30.2 Å². The van der Waals surface area contributed by atoms with Crippen molar-refractivity contribution in [3.05, 3.63) is 23.9 Å². The lowest BCUT2D eigenvalue weighted by atomic mass is 10.1. The number of nitrogens with zero attached hydrogens (tertiary/aromatic N) is 2. The molecule has 0 aliphatic carbocycles. The Bertz CT molecular complexity index is 441. The Morgan fingerprint density at radius 2 is 2.26 bits per heavy atom. The first-order chi connectivity index (χ1) is 8.93. The molecule has 0 spiro atoms. The van der Waals surface area contributed by atoms with Gasteiger partial charge < -0.3 is 9.64 Å². The van der Waals surface area contributed by atoms with Crippen molar-refractivity contribution in [2.24, 2.45) is 0 Å². The van der Waals surface area contributed by atoms with Gasteiger partial charge in [-0.25, -0.2) is 4.98 Å². The number of aromatic nitrogens is 1. The van der Waals surface area contributed by atoms with E-state index in [4.69, 9.17) is 16.3 Å². The van der Waals surface area contributed by atoms with Crippen molar-refractivity contribution >= 4 is 17.4 Å². The number of alkyl halides is 4. The van der Waals surface area contributed by atoms with Crippen LogP contribution in [0.15, 0.2) is 18.3 Å². The first-order valence-corrected chi connectivity index (χ1v) is 6.43. The van der Waals surface area contributed by atoms with Gasteiger partial charge in [0, 0.05) is 12.7 Å². The quantitative estimate of drug-likeness (QED) is 0.784. The molecule has 1 aliphatic heterocycles. The molecule has 1 fully saturated rings. The molecule has 0 radical (unpaired) electrons. The Kier molecular flexibility index (Phi) is 4.20. The van der Waals surface area contributed by atoms with Crippen LogP contribution in [-0.4, -0.2) is 36.2 Å². The largest absolute Gasteiger partial charge is 0.419 e. The fraction of sp³-hybridized carbons (Fsp3) is 0.583. The molecule has 0 N–H and O–H groups in total. The van der Waals surface area contributed by atoms with Crippen molar-refractivity contribution in [2.45, 2.75) is 25.2 Å². The molecule has 0 amide bonds. The highest BCUT2D eigenvalue weighted by atomic mass is 35.5. The van der Waals surface area contributed by atoms with Gasteiger partial charge in [-0.1, -0.05) is 0 Å². The van der Waals surface area contributed by atoms with Crippen molar-refractivity contribution in [2.75, 3.05) is 23.9 Å². The smallest absolute Gasteiger partial charge is 0.373 e. The Hall–Kier alpha value is -1.01. The van der Waals surface area contributed by atoms with Gasteiger partial charge in [0.2, 0.25) is 0 Å². The topological polar surface area (TPSA) is 25.4 Å². The molecule has 2 atom stereocenters. The molecule has 1 aliphatic rings. The van der Waals surface area contributed by atoms with E-state index >= 15 is 0 Å². The van der Waals surface area contributed by atoms with Crippen molar-refractivity contribution in [3.63, 3.8) is 0 Å². The van der Waals surface area contributed by atoms with Gasteiger partial charge in [-0.15, -0.1) is 11.6 Å². The van der Waals surface area contributed by atoms with Crippen LogP contribution >= 0.6 is 11.6 Å². The lowest BCUT2D eigenvalue weighted by Gasteiger charge is -2.39. The van der Waals surface area contributed by atoms with Crippen LogP contribution in [0.4, 0.5) is 19.0 Å². The average molecular weight is 295 g/mol. The summed E-state index contributed by atoms with van der Waals surface area (Å²) in [4.78, 5) is 5.51. The zero-order chi connectivity index (χ0) is 14.0. The van der Waals surface area contributed by atoms with Gasteiger partial charge in [0.25, 0.3) is 0 Å². The minimum absolute atomic E-state index is 0.0547. The van der Waals surface area contributed by atoms with Crippen molar-refractivity contribution < 1.29 is 17.9 Å². The molecule has 2 unspecified atom stereocenters. The maximum Gasteiger partial charge on any atom is 0.419 e. The molecule has 2 heterocycles. The number of rotatable bonds is 2. The normalized spacial score (nSPS) is 24.6. The number of pyridine rings is 1. The molecular formula is C12H14ClF3N2O. The highest BCUT2D eigenvalue weighted by Crippen LogP contribution is 2.36. The first-order valence-electron chi connectivity index (χ1n) is 5.90. The minimum atomic E-state index is -4.42. The Balaban J connectivity index is 2.35. The van der Waals surface area contributed by atoms with Gasteiger partial charge in [-0.3, -0.25) is 0 Å². The van der Waals surface area contributed by atoms with Crippen LogP contribution in [0.25, 0.3) is 0 Å². The molecule has 2 rings (SSSR count). The number of anilines is 1. The Labute approximate surface area is 114 Å². The highest BCUT2D eigenvalue weighted by Gasteiger charge is 2.38. The third-order valence-corrected chi connectivity index (χ3v) is 3.39. The Morgan fingerprint density at radius 3 is 2.89 bits per heavy atom. The predicted octanol–water partition coefficient (Wildman–Crippen LogP) is 2.93. The summed E-state index contributed by atoms with van der Waals surface area (Å²) in [6.07, 6.45) is -3.33. The van der Waals surface area contributed by atoms with E-state index in [0.717, 1.165) is 6.07 Å². The van der Waals surface area contributed by atoms with Crippen LogP contribution in [0, 0.1) is 0 Å². The van der Waals surface area contributed by atoms with Crippen LogP contribution in [0.3, 0.4) is 0 Å². The monoisotopic (exact) mass is 294 g/mol. The molecule has 3 nitrogen and oxygen atoms in total. The van der Waals surface area contributed by atoms with Crippen molar-refractivity contribution in [3.8, 4) is 0 Å². The summed E-state index contributed by atoms with van der Waals surface area (Å²) in [7, 11) is 0. The minimum Gasteiger partial charge on any atom is -0.373 e. The summed E-state index contributed by atoms with van der Waals surface area (Å²) in [6.45, 7) is 2.45. The van der Waals surface area contributed by atoms with Gasteiger partial charge in [0.15, 0.2) is 0 Å². The van der Waals surface area contributed by atoms with Crippen LogP contribution in [0.5, 0.6) is 0 Å². The van der Waals surface area contributed by atoms with E-state index in [-0.39, 0.29) is 23.8 Å². The second kappa shape index (κ2) is 5.54. The molecule has 106 valence electrons. The Morgan fingerprint density at radius 1 is 1.53 bits per heavy atom. The second-order valence-electron chi connectivity index (χ2n) is 4.48. The standard InChI is InChI=1S/C12H14ClF3N2O/c1-8-7-19-9(5-13)6-18(8)11-10(12(14,15)16)3-2-4-17-11/h2-4,8-9H,5-7H2,1H3. The first kappa shape index (κ1) is 14.4. The second-order valence-corrected chi connectivity index (χ2v) is 4.79. The zero-order valence-corrected chi connectivity index (χ0v) is 11.1. The fourth-order valence-electron chi connectivity index (χ4n) is 2.05. The summed E-state index contributed by atoms with van der Waals surface area (Å²) in [5.74, 6) is 0.193. The van der Waals surface area contributed by atoms with E-state index in [1.54, 1.807) is 11.8 Å². The van der Waals surface area contributed by atoms with Gasteiger partial charge in [-0.05, 0) is 19.1 Å². The van der Waals surface area contributed by atoms with E-state index in [1.165, 1.54) is 12.3 Å². The lowest BCUT2D eigenvalue weighted by Crippen LogP contribution is -2.50. The molecule has 1 aromatic rings. The number of ether oxygens (including phenoxy) is 1. The van der Waals surface area contributed by atoms with E-state index in [0.29, 0.717) is 13.2 Å². The molecule has 0 bridgehead atoms. The maximum absolute atomic E-state index is 13.0. The summed E-state index contributed by atoms with van der Waals surface area (Å²) >= 11 is 5.72. The van der Waals surface area contributed by atoms with Crippen LogP contribution in [-0.2, 0) is 10.9 Å². The molecule has 0 saturated carbocycles. The molecule has 19 heavy (non-hydrogen) atoms. The van der Waals surface area contributed by atoms with Gasteiger partial charge >= 0.3 is 6.18 Å². The maximum atomic E-state index is 13.0. The van der Waals surface area contributed by atoms with Crippen LogP contribution in [0.2, 0.25) is 0 Å². The molecule has 1 aromatic heterocycles. The fourth-order valence-corrected chi connectivity index (χ4v) is 2.24. The number of morpholine rings is 1. The van der Waals surface area contributed by atoms with Crippen molar-refractivity contribution in [1.82, 2.24) is 4.98 Å². The third kappa shape index (κ3) is 3.12. The molecule has 0 aromatic carbocycles. The van der Waals surface area contributed by atoms with E-state index in [2.05, 4.69) is 4.98 Å². The molecular weight excluding hydrogens is 281 g/mol. The summed E-state index contributed by atoms with van der Waals surface area (Å²) in [5.41, 5.74) is -0.725. The van der Waals surface area contributed by atoms with E-state index < -0.39 is 11.7 Å². The molecule has 1 saturated heterocycles. The highest BCUT2D eigenvalue weighted by molar-refractivity contribution is 6.18. The van der Waals surface area contributed by atoms with Crippen LogP contribution < -0.4 is 4.90 Å². The SMILES string of the molecule is CC1COC(CCl)CN1c1ncccc1C(F)(F)F. The number of halogens is 4. The van der Waals surface area contributed by atoms with Gasteiger partial charge in [-0.2, -0.15) is 13.2 Å². The van der Waals surface area contributed by atoms with Crippen LogP contribution in [0.1, 0.15) is 12.5 Å². The van der Waals surface area contributed by atoms with Gasteiger partial charge in [0.1, 0.15) is 5.82 Å². The zero-order valence-electron chi connectivity index (χ0n) is 10.3. The molecule has 7 heteroatoms.